The normalized spacial score (nSPS) is 21.4. The summed E-state index contributed by atoms with van der Waals surface area (Å²) in [6.07, 6.45) is 0.562. The van der Waals surface area contributed by atoms with Crippen molar-refractivity contribution in [3.05, 3.63) is 38.3 Å². The average Bonchev–Trinajstić information content (AvgIpc) is 2.67. The smallest absolute Gasteiger partial charge is 0.275 e. The maximum atomic E-state index is 11.3. The Morgan fingerprint density at radius 2 is 2.21 bits per heavy atom. The summed E-state index contributed by atoms with van der Waals surface area (Å²) in [7, 11) is -2.94. The summed E-state index contributed by atoms with van der Waals surface area (Å²) in [6, 6.07) is 4.73. The van der Waals surface area contributed by atoms with Crippen LogP contribution in [-0.4, -0.2) is 30.9 Å². The van der Waals surface area contributed by atoms with Gasteiger partial charge in [0.25, 0.3) is 5.69 Å². The highest BCUT2D eigenvalue weighted by molar-refractivity contribution is 9.10. The number of hydrogen-bond donors (Lipinski definition) is 1. The van der Waals surface area contributed by atoms with Crippen molar-refractivity contribution in [2.45, 2.75) is 19.0 Å². The van der Waals surface area contributed by atoms with Gasteiger partial charge in [0.1, 0.15) is 0 Å². The number of benzene rings is 1. The van der Waals surface area contributed by atoms with E-state index in [-0.39, 0.29) is 23.2 Å². The van der Waals surface area contributed by atoms with Crippen LogP contribution >= 0.6 is 15.9 Å². The Morgan fingerprint density at radius 1 is 1.47 bits per heavy atom. The summed E-state index contributed by atoms with van der Waals surface area (Å²) < 4.78 is 23.3. The lowest BCUT2D eigenvalue weighted by Crippen LogP contribution is -2.29. The van der Waals surface area contributed by atoms with Gasteiger partial charge in [0, 0.05) is 28.7 Å². The van der Waals surface area contributed by atoms with Crippen LogP contribution in [-0.2, 0) is 16.4 Å². The molecular formula is C11H13BrN2O4S. The second-order valence-electron chi connectivity index (χ2n) is 4.51. The number of rotatable bonds is 4. The molecule has 0 saturated carbocycles. The van der Waals surface area contributed by atoms with E-state index in [2.05, 4.69) is 21.2 Å². The first kappa shape index (κ1) is 14.4. The lowest BCUT2D eigenvalue weighted by Gasteiger charge is -2.10. The van der Waals surface area contributed by atoms with Gasteiger partial charge in [-0.1, -0.05) is 15.9 Å². The summed E-state index contributed by atoms with van der Waals surface area (Å²) in [5, 5.41) is 14.0. The van der Waals surface area contributed by atoms with E-state index in [0.717, 1.165) is 0 Å². The van der Waals surface area contributed by atoms with E-state index < -0.39 is 14.8 Å². The summed E-state index contributed by atoms with van der Waals surface area (Å²) in [6.45, 7) is 0.295. The van der Waals surface area contributed by atoms with Gasteiger partial charge in [-0.3, -0.25) is 10.1 Å². The number of hydrogen-bond acceptors (Lipinski definition) is 5. The first-order valence-corrected chi connectivity index (χ1v) is 8.35. The minimum absolute atomic E-state index is 0.0303. The van der Waals surface area contributed by atoms with Crippen molar-refractivity contribution < 1.29 is 13.3 Å². The molecule has 1 fully saturated rings. The van der Waals surface area contributed by atoms with Gasteiger partial charge in [0.15, 0.2) is 9.84 Å². The Balaban J connectivity index is 2.06. The van der Waals surface area contributed by atoms with Crippen LogP contribution < -0.4 is 5.32 Å². The van der Waals surface area contributed by atoms with Crippen molar-refractivity contribution in [2.24, 2.45) is 0 Å². The average molecular weight is 349 g/mol. The van der Waals surface area contributed by atoms with Crippen LogP contribution in [0.2, 0.25) is 0 Å². The molecule has 1 saturated heterocycles. The van der Waals surface area contributed by atoms with Gasteiger partial charge >= 0.3 is 0 Å². The molecule has 1 N–H and O–H groups in total. The summed E-state index contributed by atoms with van der Waals surface area (Å²) >= 11 is 3.19. The fourth-order valence-electron chi connectivity index (χ4n) is 2.07. The molecule has 104 valence electrons. The molecule has 6 nitrogen and oxygen atoms in total. The predicted molar refractivity (Wildman–Crippen MR) is 74.7 cm³/mol. The Hall–Kier alpha value is -0.990. The van der Waals surface area contributed by atoms with Crippen LogP contribution in [0.5, 0.6) is 0 Å². The molecule has 1 aromatic carbocycles. The molecule has 1 heterocycles. The van der Waals surface area contributed by atoms with E-state index in [1.54, 1.807) is 12.1 Å². The molecule has 0 bridgehead atoms. The quantitative estimate of drug-likeness (QED) is 0.659. The van der Waals surface area contributed by atoms with Crippen LogP contribution in [0.1, 0.15) is 12.0 Å². The lowest BCUT2D eigenvalue weighted by molar-refractivity contribution is -0.385. The van der Waals surface area contributed by atoms with E-state index in [1.165, 1.54) is 6.07 Å². The number of nitro groups is 1. The Bertz CT molecular complexity index is 603. The molecule has 0 amide bonds. The highest BCUT2D eigenvalue weighted by atomic mass is 79.9. The minimum Gasteiger partial charge on any atom is -0.309 e. The number of nitro benzene ring substituents is 1. The van der Waals surface area contributed by atoms with Gasteiger partial charge < -0.3 is 5.32 Å². The fourth-order valence-corrected chi connectivity index (χ4v) is 4.12. The Kier molecular flexibility index (Phi) is 4.22. The van der Waals surface area contributed by atoms with E-state index in [9.17, 15) is 18.5 Å². The monoisotopic (exact) mass is 348 g/mol. The molecule has 0 aromatic heterocycles. The molecule has 1 aromatic rings. The molecule has 0 aliphatic carbocycles. The van der Waals surface area contributed by atoms with Crippen molar-refractivity contribution in [3.63, 3.8) is 0 Å². The van der Waals surface area contributed by atoms with E-state index in [0.29, 0.717) is 23.0 Å². The second-order valence-corrected chi connectivity index (χ2v) is 7.66. The van der Waals surface area contributed by atoms with E-state index in [1.807, 2.05) is 0 Å². The standard InChI is InChI=1S/C11H13BrN2O4S/c12-9-2-1-8(11(5-9)14(15)16)6-13-10-3-4-19(17,18)7-10/h1-2,5,10,13H,3-4,6-7H2. The molecule has 1 unspecified atom stereocenters. The molecule has 1 aliphatic heterocycles. The lowest BCUT2D eigenvalue weighted by atomic mass is 10.1. The van der Waals surface area contributed by atoms with Crippen LogP contribution in [0, 0.1) is 10.1 Å². The van der Waals surface area contributed by atoms with Crippen LogP contribution in [0.3, 0.4) is 0 Å². The van der Waals surface area contributed by atoms with Crippen molar-refractivity contribution in [3.8, 4) is 0 Å². The van der Waals surface area contributed by atoms with Gasteiger partial charge in [0.2, 0.25) is 0 Å². The zero-order valence-corrected chi connectivity index (χ0v) is 12.4. The van der Waals surface area contributed by atoms with E-state index >= 15 is 0 Å². The van der Waals surface area contributed by atoms with Crippen molar-refractivity contribution in [1.29, 1.82) is 0 Å². The summed E-state index contributed by atoms with van der Waals surface area (Å²) in [4.78, 5) is 10.5. The molecule has 0 radical (unpaired) electrons. The maximum Gasteiger partial charge on any atom is 0.275 e. The highest BCUT2D eigenvalue weighted by Crippen LogP contribution is 2.24. The Labute approximate surface area is 119 Å². The van der Waals surface area contributed by atoms with Gasteiger partial charge in [-0.25, -0.2) is 8.42 Å². The number of nitrogens with one attached hydrogen (secondary N) is 1. The second kappa shape index (κ2) is 5.56. The van der Waals surface area contributed by atoms with Gasteiger partial charge in [-0.05, 0) is 18.6 Å². The number of nitrogens with zero attached hydrogens (tertiary/aromatic N) is 1. The summed E-state index contributed by atoms with van der Waals surface area (Å²) in [5.41, 5.74) is 0.584. The molecular weight excluding hydrogens is 336 g/mol. The Morgan fingerprint density at radius 3 is 2.79 bits per heavy atom. The summed E-state index contributed by atoms with van der Waals surface area (Å²) in [5.74, 6) is 0.296. The third-order valence-corrected chi connectivity index (χ3v) is 5.32. The van der Waals surface area contributed by atoms with Crippen LogP contribution in [0.15, 0.2) is 22.7 Å². The highest BCUT2D eigenvalue weighted by Gasteiger charge is 2.27. The molecule has 8 heteroatoms. The predicted octanol–water partition coefficient (Wildman–Crippen LogP) is 1.63. The van der Waals surface area contributed by atoms with Crippen molar-refractivity contribution >= 4 is 31.5 Å². The van der Waals surface area contributed by atoms with Gasteiger partial charge in [-0.15, -0.1) is 0 Å². The number of sulfone groups is 1. The first-order valence-electron chi connectivity index (χ1n) is 5.74. The van der Waals surface area contributed by atoms with Crippen molar-refractivity contribution in [1.82, 2.24) is 5.32 Å². The molecule has 1 atom stereocenters. The van der Waals surface area contributed by atoms with Crippen LogP contribution in [0.4, 0.5) is 5.69 Å². The zero-order valence-electron chi connectivity index (χ0n) is 10.0. The molecule has 0 spiro atoms. The fraction of sp³-hybridized carbons (Fsp3) is 0.455. The van der Waals surface area contributed by atoms with Crippen molar-refractivity contribution in [2.75, 3.05) is 11.5 Å². The number of halogens is 1. The third kappa shape index (κ3) is 3.74. The molecule has 1 aliphatic rings. The molecule has 19 heavy (non-hydrogen) atoms. The van der Waals surface area contributed by atoms with Crippen LogP contribution in [0.25, 0.3) is 0 Å². The maximum absolute atomic E-state index is 11.3. The third-order valence-electron chi connectivity index (χ3n) is 3.06. The van der Waals surface area contributed by atoms with Gasteiger partial charge in [0.05, 0.1) is 16.4 Å². The zero-order chi connectivity index (χ0) is 14.0. The first-order chi connectivity index (χ1) is 8.87. The topological polar surface area (TPSA) is 89.3 Å². The largest absolute Gasteiger partial charge is 0.309 e. The van der Waals surface area contributed by atoms with Gasteiger partial charge in [-0.2, -0.15) is 0 Å². The van der Waals surface area contributed by atoms with E-state index in [4.69, 9.17) is 0 Å². The minimum atomic E-state index is -2.94. The molecule has 2 rings (SSSR count). The SMILES string of the molecule is O=[N+]([O-])c1cc(Br)ccc1CNC1CCS(=O)(=O)C1.